The number of aromatic nitrogens is 2. The number of para-hydroxylation sites is 1. The summed E-state index contributed by atoms with van der Waals surface area (Å²) in [5, 5.41) is 5.09. The Bertz CT molecular complexity index is 837. The van der Waals surface area contributed by atoms with Gasteiger partial charge in [-0.05, 0) is 30.2 Å². The molecule has 5 nitrogen and oxygen atoms in total. The molecule has 0 saturated heterocycles. The van der Waals surface area contributed by atoms with Crippen molar-refractivity contribution < 1.29 is 9.32 Å². The van der Waals surface area contributed by atoms with Crippen molar-refractivity contribution in [3.05, 3.63) is 48.3 Å². The number of fused-ring (bicyclic) bond motifs is 1. The fraction of sp³-hybridized carbons (Fsp3) is 0.235. The summed E-state index contributed by atoms with van der Waals surface area (Å²) in [4.78, 5) is 15.8. The molecule has 0 spiro atoms. The van der Waals surface area contributed by atoms with Gasteiger partial charge < -0.3 is 10.3 Å². The molecule has 0 fully saturated rings. The van der Waals surface area contributed by atoms with Crippen LogP contribution in [0.1, 0.15) is 19.4 Å². The summed E-state index contributed by atoms with van der Waals surface area (Å²) in [7, 11) is 0. The molecule has 3 rings (SSSR count). The van der Waals surface area contributed by atoms with Crippen LogP contribution in [0.2, 0.25) is 0 Å². The zero-order valence-corrected chi connectivity index (χ0v) is 12.5. The van der Waals surface area contributed by atoms with Gasteiger partial charge >= 0.3 is 0 Å². The number of hydrogen-bond acceptors (Lipinski definition) is 4. The number of hydrogen-bond donors (Lipinski definition) is 1. The lowest BCUT2D eigenvalue weighted by molar-refractivity contribution is -0.125. The van der Waals surface area contributed by atoms with Crippen LogP contribution in [0, 0.1) is 5.41 Å². The van der Waals surface area contributed by atoms with E-state index in [0.29, 0.717) is 6.42 Å². The van der Waals surface area contributed by atoms with Crippen molar-refractivity contribution in [3.63, 3.8) is 0 Å². The van der Waals surface area contributed by atoms with Crippen LogP contribution >= 0.6 is 0 Å². The summed E-state index contributed by atoms with van der Waals surface area (Å²) in [6, 6.07) is 9.56. The Morgan fingerprint density at radius 3 is 2.82 bits per heavy atom. The van der Waals surface area contributed by atoms with Crippen LogP contribution in [0.25, 0.3) is 22.2 Å². The molecule has 0 radical (unpaired) electrons. The van der Waals surface area contributed by atoms with Gasteiger partial charge in [0, 0.05) is 28.8 Å². The van der Waals surface area contributed by atoms with Crippen molar-refractivity contribution in [2.75, 3.05) is 0 Å². The molecule has 22 heavy (non-hydrogen) atoms. The number of amides is 1. The summed E-state index contributed by atoms with van der Waals surface area (Å²) >= 11 is 0. The minimum atomic E-state index is -0.643. The zero-order valence-electron chi connectivity index (χ0n) is 12.5. The van der Waals surface area contributed by atoms with E-state index in [2.05, 4.69) is 10.1 Å². The Labute approximate surface area is 128 Å². The van der Waals surface area contributed by atoms with E-state index in [1.165, 1.54) is 0 Å². The number of carbonyl (C=O) groups excluding carboxylic acids is 1. The summed E-state index contributed by atoms with van der Waals surface area (Å²) in [5.74, 6) is -0.333. The Morgan fingerprint density at radius 2 is 2.05 bits per heavy atom. The number of nitrogens with two attached hydrogens (primary N) is 1. The molecular weight excluding hydrogens is 278 g/mol. The van der Waals surface area contributed by atoms with Crippen LogP contribution in [0.3, 0.4) is 0 Å². The molecule has 0 atom stereocenters. The summed E-state index contributed by atoms with van der Waals surface area (Å²) < 4.78 is 5.37. The molecule has 0 unspecified atom stereocenters. The van der Waals surface area contributed by atoms with E-state index in [9.17, 15) is 4.79 Å². The van der Waals surface area contributed by atoms with E-state index in [-0.39, 0.29) is 5.91 Å². The maximum atomic E-state index is 11.6. The van der Waals surface area contributed by atoms with Crippen LogP contribution in [0.15, 0.2) is 47.2 Å². The third-order valence-electron chi connectivity index (χ3n) is 3.84. The molecule has 2 heterocycles. The smallest absolute Gasteiger partial charge is 0.223 e. The molecule has 112 valence electrons. The van der Waals surface area contributed by atoms with Crippen LogP contribution in [0.4, 0.5) is 0 Å². The standard InChI is InChI=1S/C17H17N3O2/c1-17(2,16(18)21)9-11-7-8-19-10-13(11)15-12-5-3-4-6-14(12)22-20-15/h3-8,10H,9H2,1-2H3,(H2,18,21). The molecular formula is C17H17N3O2. The molecule has 0 bridgehead atoms. The number of carbonyl (C=O) groups is 1. The normalized spacial score (nSPS) is 11.7. The Hall–Kier alpha value is -2.69. The minimum absolute atomic E-state index is 0.333. The van der Waals surface area contributed by atoms with E-state index < -0.39 is 5.41 Å². The topological polar surface area (TPSA) is 82.0 Å². The number of pyridine rings is 1. The van der Waals surface area contributed by atoms with Crippen molar-refractivity contribution in [1.82, 2.24) is 10.1 Å². The van der Waals surface area contributed by atoms with Gasteiger partial charge in [0.25, 0.3) is 0 Å². The number of benzene rings is 1. The molecule has 1 amide bonds. The van der Waals surface area contributed by atoms with Gasteiger partial charge in [0.1, 0.15) is 5.69 Å². The molecule has 5 heteroatoms. The molecule has 3 aromatic rings. The average molecular weight is 295 g/mol. The first-order valence-electron chi connectivity index (χ1n) is 7.06. The fourth-order valence-corrected chi connectivity index (χ4v) is 2.43. The van der Waals surface area contributed by atoms with Gasteiger partial charge in [0.15, 0.2) is 5.58 Å². The SMILES string of the molecule is CC(C)(Cc1ccncc1-c1noc2ccccc12)C(N)=O. The number of rotatable bonds is 4. The van der Waals surface area contributed by atoms with Crippen LogP contribution in [0.5, 0.6) is 0 Å². The van der Waals surface area contributed by atoms with Crippen LogP contribution in [-0.4, -0.2) is 16.0 Å². The van der Waals surface area contributed by atoms with Gasteiger partial charge in [-0.1, -0.05) is 31.1 Å². The maximum absolute atomic E-state index is 11.6. The Morgan fingerprint density at radius 1 is 1.27 bits per heavy atom. The third kappa shape index (κ3) is 2.45. The van der Waals surface area contributed by atoms with E-state index in [1.54, 1.807) is 12.4 Å². The predicted octanol–water partition coefficient (Wildman–Crippen LogP) is 2.94. The van der Waals surface area contributed by atoms with Gasteiger partial charge in [0.2, 0.25) is 5.91 Å². The Balaban J connectivity index is 2.11. The van der Waals surface area contributed by atoms with Crippen molar-refractivity contribution >= 4 is 16.9 Å². The van der Waals surface area contributed by atoms with Gasteiger partial charge in [0.05, 0.1) is 0 Å². The van der Waals surface area contributed by atoms with E-state index in [0.717, 1.165) is 27.8 Å². The number of nitrogens with zero attached hydrogens (tertiary/aromatic N) is 2. The van der Waals surface area contributed by atoms with Crippen molar-refractivity contribution in [2.24, 2.45) is 11.1 Å². The highest BCUT2D eigenvalue weighted by atomic mass is 16.5. The zero-order chi connectivity index (χ0) is 15.7. The van der Waals surface area contributed by atoms with Crippen LogP contribution < -0.4 is 5.73 Å². The van der Waals surface area contributed by atoms with Gasteiger partial charge in [-0.3, -0.25) is 9.78 Å². The summed E-state index contributed by atoms with van der Waals surface area (Å²) in [6.45, 7) is 3.67. The van der Waals surface area contributed by atoms with Crippen molar-refractivity contribution in [3.8, 4) is 11.3 Å². The highest BCUT2D eigenvalue weighted by Gasteiger charge is 2.27. The highest BCUT2D eigenvalue weighted by molar-refractivity contribution is 5.92. The lowest BCUT2D eigenvalue weighted by Gasteiger charge is -2.21. The monoisotopic (exact) mass is 295 g/mol. The molecule has 1 aromatic carbocycles. The Kier molecular flexibility index (Phi) is 3.41. The molecule has 0 aliphatic heterocycles. The second kappa shape index (κ2) is 5.26. The first-order valence-corrected chi connectivity index (χ1v) is 7.06. The minimum Gasteiger partial charge on any atom is -0.369 e. The van der Waals surface area contributed by atoms with Gasteiger partial charge in [-0.15, -0.1) is 0 Å². The van der Waals surface area contributed by atoms with Gasteiger partial charge in [-0.2, -0.15) is 0 Å². The maximum Gasteiger partial charge on any atom is 0.223 e. The average Bonchev–Trinajstić information content (AvgIpc) is 2.91. The first kappa shape index (κ1) is 14.3. The molecule has 0 saturated carbocycles. The summed E-state index contributed by atoms with van der Waals surface area (Å²) in [5.41, 5.74) is 8.14. The third-order valence-corrected chi connectivity index (χ3v) is 3.84. The second-order valence-electron chi connectivity index (χ2n) is 5.99. The van der Waals surface area contributed by atoms with E-state index >= 15 is 0 Å². The number of primary amides is 1. The molecule has 0 aliphatic carbocycles. The molecule has 2 aromatic heterocycles. The first-order chi connectivity index (χ1) is 10.5. The van der Waals surface area contributed by atoms with Crippen molar-refractivity contribution in [1.29, 1.82) is 0 Å². The highest BCUT2D eigenvalue weighted by Crippen LogP contribution is 2.32. The molecule has 0 aliphatic rings. The second-order valence-corrected chi connectivity index (χ2v) is 5.99. The van der Waals surface area contributed by atoms with E-state index in [1.807, 2.05) is 44.2 Å². The largest absolute Gasteiger partial charge is 0.369 e. The summed E-state index contributed by atoms with van der Waals surface area (Å²) in [6.07, 6.45) is 3.97. The quantitative estimate of drug-likeness (QED) is 0.802. The lowest BCUT2D eigenvalue weighted by Crippen LogP contribution is -2.33. The van der Waals surface area contributed by atoms with Gasteiger partial charge in [-0.25, -0.2) is 0 Å². The fourth-order valence-electron chi connectivity index (χ4n) is 2.43. The molecule has 2 N–H and O–H groups in total. The lowest BCUT2D eigenvalue weighted by atomic mass is 9.83. The predicted molar refractivity (Wildman–Crippen MR) is 83.9 cm³/mol. The van der Waals surface area contributed by atoms with Crippen molar-refractivity contribution in [2.45, 2.75) is 20.3 Å². The van der Waals surface area contributed by atoms with E-state index in [4.69, 9.17) is 10.3 Å². The van der Waals surface area contributed by atoms with Crippen LogP contribution in [-0.2, 0) is 11.2 Å².